The number of benzene rings is 1. The van der Waals surface area contributed by atoms with E-state index < -0.39 is 0 Å². The molecular formula is C12H13N4O. The van der Waals surface area contributed by atoms with Gasteiger partial charge in [-0.3, -0.25) is 4.79 Å². The highest BCUT2D eigenvalue weighted by atomic mass is 16.2. The van der Waals surface area contributed by atoms with Crippen LogP contribution in [-0.4, -0.2) is 21.0 Å². The number of nitrogens with one attached hydrogen (secondary N) is 1. The minimum absolute atomic E-state index is 0.256. The van der Waals surface area contributed by atoms with E-state index in [0.29, 0.717) is 5.56 Å². The Hall–Kier alpha value is -2.17. The van der Waals surface area contributed by atoms with Crippen molar-refractivity contribution in [2.75, 3.05) is 5.43 Å². The molecule has 1 N–H and O–H groups in total. The first-order chi connectivity index (χ1) is 8.19. The van der Waals surface area contributed by atoms with Crippen molar-refractivity contribution in [3.8, 4) is 0 Å². The van der Waals surface area contributed by atoms with E-state index in [2.05, 4.69) is 22.5 Å². The van der Waals surface area contributed by atoms with E-state index in [-0.39, 0.29) is 5.91 Å². The van der Waals surface area contributed by atoms with Crippen molar-refractivity contribution in [3.63, 3.8) is 0 Å². The van der Waals surface area contributed by atoms with Crippen molar-refractivity contribution in [3.05, 3.63) is 54.2 Å². The number of rotatable bonds is 3. The summed E-state index contributed by atoms with van der Waals surface area (Å²) in [5.74, 6) is -0.256. The maximum atomic E-state index is 11.8. The lowest BCUT2D eigenvalue weighted by Crippen LogP contribution is -2.25. The highest BCUT2D eigenvalue weighted by Crippen LogP contribution is 2.03. The second-order valence-electron chi connectivity index (χ2n) is 3.62. The normalized spacial score (nSPS) is 10.2. The Morgan fingerprint density at radius 1 is 1.53 bits per heavy atom. The van der Waals surface area contributed by atoms with Crippen LogP contribution in [0.2, 0.25) is 0 Å². The molecule has 0 unspecified atom stereocenters. The van der Waals surface area contributed by atoms with Crippen molar-refractivity contribution in [2.24, 2.45) is 0 Å². The summed E-state index contributed by atoms with van der Waals surface area (Å²) in [5.41, 5.74) is 4.72. The molecule has 1 amide bonds. The van der Waals surface area contributed by atoms with Gasteiger partial charge in [0.15, 0.2) is 0 Å². The molecule has 1 aromatic heterocycles. The average molecular weight is 229 g/mol. The van der Waals surface area contributed by atoms with Gasteiger partial charge in [-0.1, -0.05) is 24.0 Å². The molecule has 2 rings (SSSR count). The second-order valence-corrected chi connectivity index (χ2v) is 3.62. The van der Waals surface area contributed by atoms with Crippen molar-refractivity contribution >= 4 is 5.91 Å². The molecule has 2 aromatic rings. The number of carbonyl (C=O) groups excluding carboxylic acids is 1. The Morgan fingerprint density at radius 3 is 3.00 bits per heavy atom. The minimum atomic E-state index is -0.256. The van der Waals surface area contributed by atoms with Gasteiger partial charge in [-0.2, -0.15) is 0 Å². The number of aromatic nitrogens is 3. The third-order valence-corrected chi connectivity index (χ3v) is 2.29. The van der Waals surface area contributed by atoms with Crippen molar-refractivity contribution in [2.45, 2.75) is 13.3 Å². The first-order valence-electron chi connectivity index (χ1n) is 5.33. The summed E-state index contributed by atoms with van der Waals surface area (Å²) in [7, 11) is 0. The zero-order chi connectivity index (χ0) is 12.3. The van der Waals surface area contributed by atoms with Crippen LogP contribution in [0.1, 0.15) is 28.5 Å². The third kappa shape index (κ3) is 2.69. The third-order valence-electron chi connectivity index (χ3n) is 2.29. The van der Waals surface area contributed by atoms with Crippen molar-refractivity contribution in [1.82, 2.24) is 15.1 Å². The van der Waals surface area contributed by atoms with Crippen LogP contribution >= 0.6 is 0 Å². The molecule has 1 heterocycles. The fourth-order valence-electron chi connectivity index (χ4n) is 1.38. The Morgan fingerprint density at radius 2 is 2.35 bits per heavy atom. The summed E-state index contributed by atoms with van der Waals surface area (Å²) < 4.78 is 0. The fraction of sp³-hybridized carbons (Fsp3) is 0.167. The van der Waals surface area contributed by atoms with E-state index in [0.717, 1.165) is 17.7 Å². The van der Waals surface area contributed by atoms with Gasteiger partial charge in [0, 0.05) is 5.56 Å². The monoisotopic (exact) mass is 229 g/mol. The molecule has 0 bridgehead atoms. The molecule has 0 aliphatic carbocycles. The van der Waals surface area contributed by atoms with Crippen LogP contribution in [0.5, 0.6) is 0 Å². The van der Waals surface area contributed by atoms with Crippen LogP contribution in [0.25, 0.3) is 0 Å². The summed E-state index contributed by atoms with van der Waals surface area (Å²) >= 11 is 0. The van der Waals surface area contributed by atoms with Gasteiger partial charge >= 0.3 is 0 Å². The summed E-state index contributed by atoms with van der Waals surface area (Å²) in [6.45, 7) is 5.74. The quantitative estimate of drug-likeness (QED) is 0.865. The van der Waals surface area contributed by atoms with Gasteiger partial charge in [0.2, 0.25) is 0 Å². The fourth-order valence-corrected chi connectivity index (χ4v) is 1.38. The van der Waals surface area contributed by atoms with E-state index in [1.165, 1.54) is 4.91 Å². The van der Waals surface area contributed by atoms with E-state index in [1.54, 1.807) is 24.4 Å². The van der Waals surface area contributed by atoms with Crippen LogP contribution in [-0.2, 0) is 6.42 Å². The first kappa shape index (κ1) is 11.3. The van der Waals surface area contributed by atoms with Crippen molar-refractivity contribution in [1.29, 1.82) is 0 Å². The SMILES string of the molecule is [CH2]c1cccc(C(=O)Nn2ncc(CC)n2)c1. The molecule has 1 radical (unpaired) electrons. The molecule has 87 valence electrons. The Bertz CT molecular complexity index is 533. The maximum Gasteiger partial charge on any atom is 0.272 e. The van der Waals surface area contributed by atoms with Crippen molar-refractivity contribution < 1.29 is 4.79 Å². The summed E-state index contributed by atoms with van der Waals surface area (Å²) in [4.78, 5) is 13.0. The predicted molar refractivity (Wildman–Crippen MR) is 64.0 cm³/mol. The smallest absolute Gasteiger partial charge is 0.267 e. The molecule has 0 saturated heterocycles. The molecule has 0 saturated carbocycles. The van der Waals surface area contributed by atoms with Gasteiger partial charge in [-0.25, -0.2) is 5.43 Å². The standard InChI is InChI=1S/C12H13N4O/c1-3-11-8-13-16(14-11)15-12(17)10-6-4-5-9(2)7-10/h4-8H,2-3H2,1H3,(H,15,17). The van der Waals surface area contributed by atoms with Gasteiger partial charge in [0.1, 0.15) is 0 Å². The number of amides is 1. The van der Waals surface area contributed by atoms with Gasteiger partial charge in [-0.15, -0.1) is 10.2 Å². The lowest BCUT2D eigenvalue weighted by atomic mass is 10.1. The lowest BCUT2D eigenvalue weighted by molar-refractivity contribution is 0.100. The number of hydrogen-bond acceptors (Lipinski definition) is 3. The number of nitrogens with zero attached hydrogens (tertiary/aromatic N) is 3. The number of carbonyl (C=O) groups is 1. The van der Waals surface area contributed by atoms with E-state index >= 15 is 0 Å². The van der Waals surface area contributed by atoms with Crippen LogP contribution in [0.15, 0.2) is 30.5 Å². The molecule has 5 nitrogen and oxygen atoms in total. The number of hydrogen-bond donors (Lipinski definition) is 1. The van der Waals surface area contributed by atoms with Crippen LogP contribution in [0.3, 0.4) is 0 Å². The summed E-state index contributed by atoms with van der Waals surface area (Å²) in [6, 6.07) is 7.04. The van der Waals surface area contributed by atoms with E-state index in [4.69, 9.17) is 0 Å². The average Bonchev–Trinajstić information content (AvgIpc) is 2.77. The Labute approximate surface area is 99.4 Å². The van der Waals surface area contributed by atoms with E-state index in [9.17, 15) is 4.79 Å². The molecule has 1 aromatic carbocycles. The zero-order valence-corrected chi connectivity index (χ0v) is 9.55. The second kappa shape index (κ2) is 4.78. The lowest BCUT2D eigenvalue weighted by Gasteiger charge is -2.03. The van der Waals surface area contributed by atoms with Crippen LogP contribution in [0.4, 0.5) is 0 Å². The van der Waals surface area contributed by atoms with Crippen LogP contribution < -0.4 is 5.43 Å². The molecule has 0 aliphatic rings. The molecule has 0 atom stereocenters. The molecule has 0 spiro atoms. The highest BCUT2D eigenvalue weighted by molar-refractivity contribution is 5.99. The maximum absolute atomic E-state index is 11.8. The Kier molecular flexibility index (Phi) is 3.18. The summed E-state index contributed by atoms with van der Waals surface area (Å²) in [5, 5.41) is 8.01. The van der Waals surface area contributed by atoms with Gasteiger partial charge in [0.25, 0.3) is 5.91 Å². The topological polar surface area (TPSA) is 59.8 Å². The highest BCUT2D eigenvalue weighted by Gasteiger charge is 2.07. The predicted octanol–water partition coefficient (Wildman–Crippen LogP) is 1.41. The van der Waals surface area contributed by atoms with Gasteiger partial charge in [-0.05, 0) is 31.0 Å². The van der Waals surface area contributed by atoms with Crippen LogP contribution in [0, 0.1) is 6.92 Å². The Balaban J connectivity index is 2.11. The van der Waals surface area contributed by atoms with Gasteiger partial charge < -0.3 is 0 Å². The molecule has 0 fully saturated rings. The molecule has 5 heteroatoms. The van der Waals surface area contributed by atoms with E-state index in [1.807, 2.05) is 13.0 Å². The molecule has 0 aliphatic heterocycles. The number of aryl methyl sites for hydroxylation is 1. The molecular weight excluding hydrogens is 216 g/mol. The molecule has 17 heavy (non-hydrogen) atoms. The zero-order valence-electron chi connectivity index (χ0n) is 9.55. The largest absolute Gasteiger partial charge is 0.272 e. The van der Waals surface area contributed by atoms with Gasteiger partial charge in [0.05, 0.1) is 11.9 Å². The summed E-state index contributed by atoms with van der Waals surface area (Å²) in [6.07, 6.45) is 2.41. The first-order valence-corrected chi connectivity index (χ1v) is 5.33. The minimum Gasteiger partial charge on any atom is -0.267 e.